The normalized spacial score (nSPS) is 23.2. The van der Waals surface area contributed by atoms with Crippen LogP contribution in [0.25, 0.3) is 0 Å². The topological polar surface area (TPSA) is 50.8 Å². The van der Waals surface area contributed by atoms with Gasteiger partial charge in [0.25, 0.3) is 6.47 Å². The highest BCUT2D eigenvalue weighted by atomic mass is 16.5. The zero-order valence-corrected chi connectivity index (χ0v) is 15.6. The summed E-state index contributed by atoms with van der Waals surface area (Å²) in [5.41, 5.74) is 0.314. The monoisotopic (exact) mass is 318 g/mol. The second-order valence-corrected chi connectivity index (χ2v) is 5.44. The summed E-state index contributed by atoms with van der Waals surface area (Å²) in [5, 5.41) is 3.50. The Bertz CT molecular complexity index is 226. The molecule has 0 spiro atoms. The number of likely N-dealkylation sites (tertiary alicyclic amines) is 1. The minimum absolute atomic E-state index is 0.314. The van der Waals surface area contributed by atoms with E-state index in [1.165, 1.54) is 52.3 Å². The molecule has 2 saturated heterocycles. The molecule has 0 bridgehead atoms. The lowest BCUT2D eigenvalue weighted by molar-refractivity contribution is -0.126. The van der Waals surface area contributed by atoms with Crippen LogP contribution in [0.15, 0.2) is 0 Å². The molecule has 0 amide bonds. The van der Waals surface area contributed by atoms with E-state index in [-0.39, 0.29) is 0 Å². The van der Waals surface area contributed by atoms with Gasteiger partial charge in [0.15, 0.2) is 0 Å². The summed E-state index contributed by atoms with van der Waals surface area (Å²) in [4.78, 5) is 11.3. The van der Waals surface area contributed by atoms with Crippen LogP contribution in [-0.2, 0) is 14.3 Å². The van der Waals surface area contributed by atoms with Crippen molar-refractivity contribution in [1.82, 2.24) is 10.2 Å². The molecule has 2 fully saturated rings. The molecule has 22 heavy (non-hydrogen) atoms. The van der Waals surface area contributed by atoms with Gasteiger partial charge in [-0.15, -0.1) is 0 Å². The van der Waals surface area contributed by atoms with Crippen LogP contribution >= 0.6 is 0 Å². The Morgan fingerprint density at radius 2 is 1.73 bits per heavy atom. The molecule has 0 aliphatic carbocycles. The SMILES string of the molecule is CC.CCC1(COC)CCCN1.CN1CCCC1.COC=O. The number of ether oxygens (including phenoxy) is 2. The molecule has 5 nitrogen and oxygen atoms in total. The molecule has 0 aromatic heterocycles. The van der Waals surface area contributed by atoms with E-state index < -0.39 is 0 Å². The van der Waals surface area contributed by atoms with Crippen LogP contribution < -0.4 is 5.32 Å². The largest absolute Gasteiger partial charge is 0.471 e. The fraction of sp³-hybridized carbons (Fsp3) is 0.941. The van der Waals surface area contributed by atoms with Gasteiger partial charge in [-0.1, -0.05) is 20.8 Å². The van der Waals surface area contributed by atoms with Crippen LogP contribution in [0, 0.1) is 0 Å². The fourth-order valence-electron chi connectivity index (χ4n) is 2.55. The lowest BCUT2D eigenvalue weighted by atomic mass is 9.96. The standard InChI is InChI=1S/C8H17NO.C5H11N.C2H4O2.C2H6/c1-3-8(7-10-2)5-4-6-9-8;1-6-4-2-3-5-6;1-4-2-3;1-2/h9H,3-7H2,1-2H3;2-5H2,1H3;2H,1H3;1-2H3. The first-order chi connectivity index (χ1) is 10.6. The molecule has 2 aliphatic heterocycles. The van der Waals surface area contributed by atoms with Gasteiger partial charge in [-0.2, -0.15) is 0 Å². The zero-order chi connectivity index (χ0) is 17.3. The van der Waals surface area contributed by atoms with Crippen LogP contribution in [0.5, 0.6) is 0 Å². The number of nitrogens with zero attached hydrogens (tertiary/aromatic N) is 1. The van der Waals surface area contributed by atoms with Gasteiger partial charge in [0.1, 0.15) is 0 Å². The summed E-state index contributed by atoms with van der Waals surface area (Å²) < 4.78 is 9.02. The van der Waals surface area contributed by atoms with Gasteiger partial charge in [-0.05, 0) is 58.8 Å². The number of nitrogens with one attached hydrogen (secondary N) is 1. The van der Waals surface area contributed by atoms with E-state index in [9.17, 15) is 0 Å². The van der Waals surface area contributed by atoms with E-state index in [2.05, 4.69) is 28.9 Å². The van der Waals surface area contributed by atoms with E-state index in [1.54, 1.807) is 7.11 Å². The van der Waals surface area contributed by atoms with Crippen LogP contribution in [-0.4, -0.2) is 64.4 Å². The Morgan fingerprint density at radius 1 is 1.18 bits per heavy atom. The molecule has 134 valence electrons. The summed E-state index contributed by atoms with van der Waals surface area (Å²) in [5.74, 6) is 0. The Kier molecular flexibility index (Phi) is 17.9. The summed E-state index contributed by atoms with van der Waals surface area (Å²) >= 11 is 0. The van der Waals surface area contributed by atoms with Crippen molar-refractivity contribution < 1.29 is 14.3 Å². The average Bonchev–Trinajstić information content (AvgIpc) is 3.23. The maximum Gasteiger partial charge on any atom is 0.292 e. The van der Waals surface area contributed by atoms with Crippen LogP contribution in [0.1, 0.15) is 52.9 Å². The smallest absolute Gasteiger partial charge is 0.292 e. The predicted molar refractivity (Wildman–Crippen MR) is 93.3 cm³/mol. The first-order valence-electron chi connectivity index (χ1n) is 8.53. The highest BCUT2D eigenvalue weighted by molar-refractivity contribution is 5.36. The highest BCUT2D eigenvalue weighted by Crippen LogP contribution is 2.22. The minimum atomic E-state index is 0.314. The molecule has 2 aliphatic rings. The molecule has 1 N–H and O–H groups in total. The molecule has 0 saturated carbocycles. The lowest BCUT2D eigenvalue weighted by Gasteiger charge is -2.26. The van der Waals surface area contributed by atoms with Crippen LogP contribution in [0.4, 0.5) is 0 Å². The van der Waals surface area contributed by atoms with Crippen molar-refractivity contribution in [2.75, 3.05) is 47.5 Å². The highest BCUT2D eigenvalue weighted by Gasteiger charge is 2.30. The lowest BCUT2D eigenvalue weighted by Crippen LogP contribution is -2.43. The first kappa shape index (κ1) is 23.6. The van der Waals surface area contributed by atoms with Gasteiger partial charge in [0.05, 0.1) is 13.7 Å². The first-order valence-corrected chi connectivity index (χ1v) is 8.53. The van der Waals surface area contributed by atoms with E-state index in [4.69, 9.17) is 9.53 Å². The van der Waals surface area contributed by atoms with E-state index in [1.807, 2.05) is 13.8 Å². The van der Waals surface area contributed by atoms with E-state index in [0.717, 1.165) is 13.2 Å². The van der Waals surface area contributed by atoms with Gasteiger partial charge < -0.3 is 19.7 Å². The Balaban J connectivity index is 0. The Hall–Kier alpha value is -0.650. The van der Waals surface area contributed by atoms with Crippen molar-refractivity contribution in [2.24, 2.45) is 0 Å². The molecular weight excluding hydrogens is 280 g/mol. The molecule has 0 aromatic carbocycles. The molecule has 1 atom stereocenters. The number of carbonyl (C=O) groups is 1. The van der Waals surface area contributed by atoms with Gasteiger partial charge in [-0.3, -0.25) is 4.79 Å². The van der Waals surface area contributed by atoms with Crippen molar-refractivity contribution in [1.29, 1.82) is 0 Å². The molecule has 2 heterocycles. The zero-order valence-electron chi connectivity index (χ0n) is 15.6. The van der Waals surface area contributed by atoms with Crippen molar-refractivity contribution >= 4 is 6.47 Å². The molecule has 0 aromatic rings. The summed E-state index contributed by atoms with van der Waals surface area (Å²) in [7, 11) is 5.26. The Labute approximate surface area is 137 Å². The maximum atomic E-state index is 8.95. The van der Waals surface area contributed by atoms with Crippen molar-refractivity contribution in [3.05, 3.63) is 0 Å². The molecule has 5 heteroatoms. The number of rotatable bonds is 4. The van der Waals surface area contributed by atoms with Gasteiger partial charge >= 0.3 is 0 Å². The van der Waals surface area contributed by atoms with Crippen LogP contribution in [0.2, 0.25) is 0 Å². The number of hydrogen-bond acceptors (Lipinski definition) is 5. The van der Waals surface area contributed by atoms with E-state index >= 15 is 0 Å². The summed E-state index contributed by atoms with van der Waals surface area (Å²) in [6, 6.07) is 0. The third-order valence-corrected chi connectivity index (χ3v) is 3.86. The number of methoxy groups -OCH3 is 2. The van der Waals surface area contributed by atoms with Gasteiger partial charge in [0, 0.05) is 12.6 Å². The van der Waals surface area contributed by atoms with Gasteiger partial charge in [-0.25, -0.2) is 0 Å². The molecular formula is C17H38N2O3. The third-order valence-electron chi connectivity index (χ3n) is 3.86. The number of carbonyl (C=O) groups excluding carboxylic acids is 1. The van der Waals surface area contributed by atoms with Crippen molar-refractivity contribution in [3.63, 3.8) is 0 Å². The average molecular weight is 319 g/mol. The molecule has 0 radical (unpaired) electrons. The second-order valence-electron chi connectivity index (χ2n) is 5.44. The van der Waals surface area contributed by atoms with E-state index in [0.29, 0.717) is 12.0 Å². The number of hydrogen-bond donors (Lipinski definition) is 1. The van der Waals surface area contributed by atoms with Crippen molar-refractivity contribution in [2.45, 2.75) is 58.4 Å². The predicted octanol–water partition coefficient (Wildman–Crippen LogP) is 2.69. The maximum absolute atomic E-state index is 8.95. The summed E-state index contributed by atoms with van der Waals surface area (Å²) in [6.45, 7) is 11.3. The minimum Gasteiger partial charge on any atom is -0.471 e. The van der Waals surface area contributed by atoms with Crippen molar-refractivity contribution in [3.8, 4) is 0 Å². The Morgan fingerprint density at radius 3 is 1.95 bits per heavy atom. The van der Waals surface area contributed by atoms with Crippen LogP contribution in [0.3, 0.4) is 0 Å². The fourth-order valence-corrected chi connectivity index (χ4v) is 2.55. The molecule has 1 unspecified atom stereocenters. The summed E-state index contributed by atoms with van der Waals surface area (Å²) in [6.07, 6.45) is 6.59. The molecule has 2 rings (SSSR count). The second kappa shape index (κ2) is 16.7. The third kappa shape index (κ3) is 12.0. The quantitative estimate of drug-likeness (QED) is 0.808. The van der Waals surface area contributed by atoms with Gasteiger partial charge in [0.2, 0.25) is 0 Å².